The number of hydrogen-bond acceptors (Lipinski definition) is 3. The van der Waals surface area contributed by atoms with Crippen LogP contribution >= 0.6 is 11.8 Å². The Morgan fingerprint density at radius 2 is 1.80 bits per heavy atom. The third kappa shape index (κ3) is 5.36. The number of anilines is 2. The Morgan fingerprint density at radius 3 is 2.40 bits per heavy atom. The van der Waals surface area contributed by atoms with E-state index in [1.165, 1.54) is 28.8 Å². The molecule has 1 N–H and O–H groups in total. The van der Waals surface area contributed by atoms with E-state index < -0.39 is 11.7 Å². The summed E-state index contributed by atoms with van der Waals surface area (Å²) in [6.07, 6.45) is -4.06. The first kappa shape index (κ1) is 22.2. The number of halogens is 3. The highest BCUT2D eigenvalue weighted by atomic mass is 32.2. The van der Waals surface area contributed by atoms with Gasteiger partial charge in [-0.25, -0.2) is 0 Å². The lowest BCUT2D eigenvalue weighted by molar-refractivity contribution is -0.137. The van der Waals surface area contributed by atoms with Gasteiger partial charge in [0.15, 0.2) is 0 Å². The zero-order valence-electron chi connectivity index (χ0n) is 16.9. The molecule has 1 heterocycles. The molecule has 0 spiro atoms. The van der Waals surface area contributed by atoms with Gasteiger partial charge in [-0.05, 0) is 47.4 Å². The van der Waals surface area contributed by atoms with Crippen LogP contribution in [0.1, 0.15) is 43.7 Å². The molecule has 1 aliphatic rings. The van der Waals surface area contributed by atoms with E-state index >= 15 is 0 Å². The smallest absolute Gasteiger partial charge is 0.326 e. The number of nitrogens with zero attached hydrogens (tertiary/aromatic N) is 1. The van der Waals surface area contributed by atoms with Crippen LogP contribution in [0.3, 0.4) is 0 Å². The predicted octanol–water partition coefficient (Wildman–Crippen LogP) is 5.86. The van der Waals surface area contributed by atoms with E-state index in [4.69, 9.17) is 0 Å². The molecule has 1 aliphatic heterocycles. The van der Waals surface area contributed by atoms with Gasteiger partial charge in [0.1, 0.15) is 5.37 Å². The average molecular weight is 436 g/mol. The van der Waals surface area contributed by atoms with Gasteiger partial charge in [0.25, 0.3) is 0 Å². The summed E-state index contributed by atoms with van der Waals surface area (Å²) in [6, 6.07) is 11.8. The molecule has 0 unspecified atom stereocenters. The summed E-state index contributed by atoms with van der Waals surface area (Å²) >= 11 is 1.40. The lowest BCUT2D eigenvalue weighted by Crippen LogP contribution is -2.28. The number of nitrogens with one attached hydrogen (secondary N) is 1. The van der Waals surface area contributed by atoms with Crippen molar-refractivity contribution in [2.24, 2.45) is 5.41 Å². The van der Waals surface area contributed by atoms with E-state index in [1.807, 2.05) is 26.8 Å². The fraction of sp³-hybridized carbons (Fsp3) is 0.364. The Kier molecular flexibility index (Phi) is 6.17. The molecular formula is C22H23F3N2O2S. The van der Waals surface area contributed by atoms with Crippen LogP contribution in [0.15, 0.2) is 48.5 Å². The van der Waals surface area contributed by atoms with Crippen molar-refractivity contribution in [2.45, 2.75) is 38.7 Å². The highest BCUT2D eigenvalue weighted by Gasteiger charge is 2.35. The van der Waals surface area contributed by atoms with Gasteiger partial charge >= 0.3 is 6.18 Å². The molecule has 0 saturated carbocycles. The maximum absolute atomic E-state index is 12.8. The summed E-state index contributed by atoms with van der Waals surface area (Å²) in [4.78, 5) is 26.2. The Balaban J connectivity index is 1.82. The van der Waals surface area contributed by atoms with Crippen molar-refractivity contribution in [1.29, 1.82) is 0 Å². The van der Waals surface area contributed by atoms with Gasteiger partial charge in [0, 0.05) is 17.8 Å². The van der Waals surface area contributed by atoms with Crippen molar-refractivity contribution in [3.63, 3.8) is 0 Å². The van der Waals surface area contributed by atoms with E-state index in [0.717, 1.165) is 17.7 Å². The predicted molar refractivity (Wildman–Crippen MR) is 113 cm³/mol. The zero-order valence-corrected chi connectivity index (χ0v) is 17.7. The number of carbonyl (C=O) groups excluding carboxylic acids is 2. The highest BCUT2D eigenvalue weighted by molar-refractivity contribution is 8.00. The van der Waals surface area contributed by atoms with Crippen LogP contribution in [0.4, 0.5) is 24.5 Å². The molecule has 2 aromatic carbocycles. The SMILES string of the molecule is CC(C)(C)CC(=O)Nc1cccc([C@@H]2SCC(=O)N2c2ccc(C(F)(F)F)cc2)c1. The average Bonchev–Trinajstić information content (AvgIpc) is 3.01. The summed E-state index contributed by atoms with van der Waals surface area (Å²) in [5.41, 5.74) is 0.915. The van der Waals surface area contributed by atoms with Gasteiger partial charge in [-0.2, -0.15) is 13.2 Å². The fourth-order valence-electron chi connectivity index (χ4n) is 3.22. The molecule has 8 heteroatoms. The molecule has 0 radical (unpaired) electrons. The molecule has 0 bridgehead atoms. The number of amides is 2. The fourth-order valence-corrected chi connectivity index (χ4v) is 4.38. The Labute approximate surface area is 177 Å². The second-order valence-electron chi connectivity index (χ2n) is 8.38. The monoisotopic (exact) mass is 436 g/mol. The number of hydrogen-bond donors (Lipinski definition) is 1. The van der Waals surface area contributed by atoms with Gasteiger partial charge < -0.3 is 5.32 Å². The number of thioether (sulfide) groups is 1. The quantitative estimate of drug-likeness (QED) is 0.653. The topological polar surface area (TPSA) is 49.4 Å². The minimum Gasteiger partial charge on any atom is -0.326 e. The third-order valence-corrected chi connectivity index (χ3v) is 5.70. The van der Waals surface area contributed by atoms with E-state index in [-0.39, 0.29) is 28.4 Å². The number of benzene rings is 2. The van der Waals surface area contributed by atoms with Crippen molar-refractivity contribution in [3.8, 4) is 0 Å². The minimum atomic E-state index is -4.43. The second-order valence-corrected chi connectivity index (χ2v) is 9.45. The van der Waals surface area contributed by atoms with Crippen molar-refractivity contribution in [1.82, 2.24) is 0 Å². The molecule has 2 aromatic rings. The molecular weight excluding hydrogens is 413 g/mol. The maximum atomic E-state index is 12.8. The molecule has 1 saturated heterocycles. The normalized spacial score (nSPS) is 17.3. The minimum absolute atomic E-state index is 0.102. The Morgan fingerprint density at radius 1 is 1.13 bits per heavy atom. The van der Waals surface area contributed by atoms with Crippen LogP contribution < -0.4 is 10.2 Å². The Bertz CT molecular complexity index is 937. The molecule has 3 rings (SSSR count). The lowest BCUT2D eigenvalue weighted by Gasteiger charge is -2.25. The van der Waals surface area contributed by atoms with Crippen molar-refractivity contribution in [3.05, 3.63) is 59.7 Å². The van der Waals surface area contributed by atoms with Gasteiger partial charge in [-0.15, -0.1) is 11.8 Å². The molecule has 1 atom stereocenters. The first-order chi connectivity index (χ1) is 13.9. The van der Waals surface area contributed by atoms with E-state index in [9.17, 15) is 22.8 Å². The van der Waals surface area contributed by atoms with Crippen LogP contribution in [0.25, 0.3) is 0 Å². The molecule has 2 amide bonds. The van der Waals surface area contributed by atoms with E-state index in [0.29, 0.717) is 17.8 Å². The van der Waals surface area contributed by atoms with Crippen LogP contribution in [0.5, 0.6) is 0 Å². The summed E-state index contributed by atoms with van der Waals surface area (Å²) in [6.45, 7) is 5.93. The van der Waals surface area contributed by atoms with Gasteiger partial charge in [-0.3, -0.25) is 14.5 Å². The standard InChI is InChI=1S/C22H23F3N2O2S/c1-21(2,3)12-18(28)26-16-6-4-5-14(11-16)20-27(19(29)13-30-20)17-9-7-15(8-10-17)22(23,24)25/h4-11,20H,12-13H2,1-3H3,(H,26,28)/t20-/m0/s1. The summed E-state index contributed by atoms with van der Waals surface area (Å²) in [5.74, 6) is -0.0481. The largest absolute Gasteiger partial charge is 0.416 e. The van der Waals surface area contributed by atoms with Crippen LogP contribution in [0.2, 0.25) is 0 Å². The van der Waals surface area contributed by atoms with Gasteiger partial charge in [-0.1, -0.05) is 32.9 Å². The number of alkyl halides is 3. The van der Waals surface area contributed by atoms with E-state index in [2.05, 4.69) is 5.32 Å². The van der Waals surface area contributed by atoms with Crippen LogP contribution in [-0.2, 0) is 15.8 Å². The van der Waals surface area contributed by atoms with Crippen LogP contribution in [-0.4, -0.2) is 17.6 Å². The summed E-state index contributed by atoms with van der Waals surface area (Å²) < 4.78 is 38.5. The van der Waals surface area contributed by atoms with Crippen LogP contribution in [0, 0.1) is 5.41 Å². The zero-order chi connectivity index (χ0) is 22.1. The maximum Gasteiger partial charge on any atom is 0.416 e. The number of rotatable bonds is 4. The first-order valence-electron chi connectivity index (χ1n) is 9.45. The van der Waals surface area contributed by atoms with Gasteiger partial charge in [0.05, 0.1) is 11.3 Å². The van der Waals surface area contributed by atoms with Gasteiger partial charge in [0.2, 0.25) is 11.8 Å². The molecule has 30 heavy (non-hydrogen) atoms. The van der Waals surface area contributed by atoms with Crippen molar-refractivity contribution < 1.29 is 22.8 Å². The summed E-state index contributed by atoms with van der Waals surface area (Å²) in [5, 5.41) is 2.49. The molecule has 160 valence electrons. The first-order valence-corrected chi connectivity index (χ1v) is 10.5. The van der Waals surface area contributed by atoms with E-state index in [1.54, 1.807) is 18.2 Å². The van der Waals surface area contributed by atoms with Crippen molar-refractivity contribution >= 4 is 35.0 Å². The third-order valence-electron chi connectivity index (χ3n) is 4.49. The molecule has 0 aromatic heterocycles. The highest BCUT2D eigenvalue weighted by Crippen LogP contribution is 2.43. The molecule has 0 aliphatic carbocycles. The lowest BCUT2D eigenvalue weighted by atomic mass is 9.92. The second kappa shape index (κ2) is 8.34. The van der Waals surface area contributed by atoms with Crippen molar-refractivity contribution in [2.75, 3.05) is 16.0 Å². The molecule has 4 nitrogen and oxygen atoms in total. The number of carbonyl (C=O) groups is 2. The Hall–Kier alpha value is -2.48. The molecule has 1 fully saturated rings. The summed E-state index contributed by atoms with van der Waals surface area (Å²) in [7, 11) is 0.